The Balaban J connectivity index is 1.23. The number of aliphatic hydroxyl groups is 1. The van der Waals surface area contributed by atoms with Crippen LogP contribution < -0.4 is 5.01 Å². The third kappa shape index (κ3) is 3.97. The molecular formula is C24H28N4O2. The van der Waals surface area contributed by atoms with Crippen molar-refractivity contribution in [3.8, 4) is 11.3 Å². The largest absolute Gasteiger partial charge is 0.390 e. The van der Waals surface area contributed by atoms with Gasteiger partial charge in [0.15, 0.2) is 0 Å². The number of hydrogen-bond donors (Lipinski definition) is 1. The van der Waals surface area contributed by atoms with Crippen LogP contribution in [0, 0.1) is 5.92 Å². The van der Waals surface area contributed by atoms with Gasteiger partial charge in [-0.2, -0.15) is 5.10 Å². The van der Waals surface area contributed by atoms with Crippen molar-refractivity contribution >= 4 is 17.8 Å². The lowest BCUT2D eigenvalue weighted by molar-refractivity contribution is -0.137. The van der Waals surface area contributed by atoms with Crippen molar-refractivity contribution in [2.45, 2.75) is 50.2 Å². The molecular weight excluding hydrogens is 376 g/mol. The van der Waals surface area contributed by atoms with E-state index < -0.39 is 5.60 Å². The van der Waals surface area contributed by atoms with Crippen LogP contribution in [0.15, 0.2) is 53.8 Å². The molecule has 5 rings (SSSR count). The number of aromatic nitrogens is 1. The smallest absolute Gasteiger partial charge is 0.225 e. The molecule has 2 aliphatic heterocycles. The first kappa shape index (κ1) is 19.2. The SMILES string of the molecule is O=C(C1CC1)N1CCC(O)(CC2CC=NN2c2ccc(-c3ccccn3)cc2)CC1. The second-order valence-electron chi connectivity index (χ2n) is 8.82. The number of carbonyl (C=O) groups is 1. The van der Waals surface area contributed by atoms with Crippen LogP contribution in [0.2, 0.25) is 0 Å². The lowest BCUT2D eigenvalue weighted by Gasteiger charge is -2.40. The van der Waals surface area contributed by atoms with Gasteiger partial charge in [0.1, 0.15) is 0 Å². The fourth-order valence-corrected chi connectivity index (χ4v) is 4.59. The quantitative estimate of drug-likeness (QED) is 0.829. The van der Waals surface area contributed by atoms with Gasteiger partial charge < -0.3 is 10.0 Å². The van der Waals surface area contributed by atoms with Crippen molar-refractivity contribution in [2.24, 2.45) is 11.0 Å². The molecule has 1 unspecified atom stereocenters. The zero-order valence-electron chi connectivity index (χ0n) is 17.2. The Morgan fingerprint density at radius 2 is 1.87 bits per heavy atom. The second kappa shape index (κ2) is 7.84. The van der Waals surface area contributed by atoms with E-state index in [1.165, 1.54) is 0 Å². The van der Waals surface area contributed by atoms with Crippen molar-refractivity contribution in [2.75, 3.05) is 18.1 Å². The summed E-state index contributed by atoms with van der Waals surface area (Å²) in [5.74, 6) is 0.542. The van der Waals surface area contributed by atoms with Crippen molar-refractivity contribution in [1.29, 1.82) is 0 Å². The molecule has 1 N–H and O–H groups in total. The zero-order valence-corrected chi connectivity index (χ0v) is 17.2. The lowest BCUT2D eigenvalue weighted by Crippen LogP contribution is -2.49. The van der Waals surface area contributed by atoms with Crippen LogP contribution in [0.3, 0.4) is 0 Å². The number of piperidine rings is 1. The van der Waals surface area contributed by atoms with E-state index in [1.807, 2.05) is 34.3 Å². The van der Waals surface area contributed by atoms with Gasteiger partial charge in [-0.25, -0.2) is 0 Å². The van der Waals surface area contributed by atoms with Crippen molar-refractivity contribution in [3.05, 3.63) is 48.7 Å². The monoisotopic (exact) mass is 404 g/mol. The predicted molar refractivity (Wildman–Crippen MR) is 117 cm³/mol. The molecule has 3 aliphatic rings. The second-order valence-corrected chi connectivity index (χ2v) is 8.82. The van der Waals surface area contributed by atoms with Crippen LogP contribution in [0.25, 0.3) is 11.3 Å². The van der Waals surface area contributed by atoms with E-state index in [9.17, 15) is 9.90 Å². The van der Waals surface area contributed by atoms with E-state index in [-0.39, 0.29) is 17.9 Å². The first-order chi connectivity index (χ1) is 14.6. The van der Waals surface area contributed by atoms with Gasteiger partial charge in [0.05, 0.1) is 23.0 Å². The Bertz CT molecular complexity index is 916. The number of amides is 1. The van der Waals surface area contributed by atoms with E-state index in [4.69, 9.17) is 0 Å². The lowest BCUT2D eigenvalue weighted by atomic mass is 9.84. The van der Waals surface area contributed by atoms with Crippen LogP contribution in [0.5, 0.6) is 0 Å². The van der Waals surface area contributed by atoms with Gasteiger partial charge >= 0.3 is 0 Å². The Kier molecular flexibility index (Phi) is 5.03. The van der Waals surface area contributed by atoms with Gasteiger partial charge in [0, 0.05) is 43.4 Å². The van der Waals surface area contributed by atoms with E-state index in [2.05, 4.69) is 34.4 Å². The number of anilines is 1. The molecule has 1 atom stereocenters. The summed E-state index contributed by atoms with van der Waals surface area (Å²) < 4.78 is 0. The molecule has 1 saturated carbocycles. The molecule has 1 saturated heterocycles. The number of likely N-dealkylation sites (tertiary alicyclic amines) is 1. The summed E-state index contributed by atoms with van der Waals surface area (Å²) >= 11 is 0. The van der Waals surface area contributed by atoms with Gasteiger partial charge in [-0.1, -0.05) is 18.2 Å². The highest BCUT2D eigenvalue weighted by molar-refractivity contribution is 5.81. The normalized spacial score (nSPS) is 23.0. The fraction of sp³-hybridized carbons (Fsp3) is 0.458. The van der Waals surface area contributed by atoms with Crippen molar-refractivity contribution < 1.29 is 9.90 Å². The summed E-state index contributed by atoms with van der Waals surface area (Å²) in [6.45, 7) is 1.33. The summed E-state index contributed by atoms with van der Waals surface area (Å²) in [5, 5.41) is 17.8. The van der Waals surface area contributed by atoms with Gasteiger partial charge in [0.25, 0.3) is 0 Å². The van der Waals surface area contributed by atoms with E-state index in [0.29, 0.717) is 32.4 Å². The third-order valence-electron chi connectivity index (χ3n) is 6.57. The topological polar surface area (TPSA) is 69.0 Å². The molecule has 156 valence electrons. The minimum Gasteiger partial charge on any atom is -0.390 e. The third-order valence-corrected chi connectivity index (χ3v) is 6.57. The summed E-state index contributed by atoms with van der Waals surface area (Å²) in [7, 11) is 0. The molecule has 6 nitrogen and oxygen atoms in total. The van der Waals surface area contributed by atoms with Gasteiger partial charge in [-0.05, 0) is 56.4 Å². The zero-order chi connectivity index (χ0) is 20.6. The molecule has 0 bridgehead atoms. The van der Waals surface area contributed by atoms with Gasteiger partial charge in [0.2, 0.25) is 5.91 Å². The van der Waals surface area contributed by atoms with E-state index in [0.717, 1.165) is 36.2 Å². The average molecular weight is 405 g/mol. The van der Waals surface area contributed by atoms with E-state index in [1.54, 1.807) is 6.20 Å². The summed E-state index contributed by atoms with van der Waals surface area (Å²) in [4.78, 5) is 18.7. The first-order valence-corrected chi connectivity index (χ1v) is 11.0. The van der Waals surface area contributed by atoms with Crippen LogP contribution in [-0.4, -0.2) is 51.8 Å². The summed E-state index contributed by atoms with van der Waals surface area (Å²) in [6.07, 6.45) is 8.60. The van der Waals surface area contributed by atoms with E-state index >= 15 is 0 Å². The minimum atomic E-state index is -0.731. The highest BCUT2D eigenvalue weighted by atomic mass is 16.3. The molecule has 2 fully saturated rings. The summed E-state index contributed by atoms with van der Waals surface area (Å²) in [6, 6.07) is 14.3. The number of pyridine rings is 1. The maximum Gasteiger partial charge on any atom is 0.225 e. The Morgan fingerprint density at radius 1 is 1.10 bits per heavy atom. The van der Waals surface area contributed by atoms with Gasteiger partial charge in [-0.3, -0.25) is 14.8 Å². The molecule has 1 aliphatic carbocycles. The number of rotatable bonds is 5. The van der Waals surface area contributed by atoms with Crippen LogP contribution in [0.1, 0.15) is 38.5 Å². The maximum atomic E-state index is 12.3. The average Bonchev–Trinajstić information content (AvgIpc) is 3.54. The van der Waals surface area contributed by atoms with Crippen molar-refractivity contribution in [1.82, 2.24) is 9.88 Å². The predicted octanol–water partition coefficient (Wildman–Crippen LogP) is 3.47. The molecule has 6 heteroatoms. The van der Waals surface area contributed by atoms with Crippen LogP contribution >= 0.6 is 0 Å². The highest BCUT2D eigenvalue weighted by Gasteiger charge is 2.41. The molecule has 1 amide bonds. The summed E-state index contributed by atoms with van der Waals surface area (Å²) in [5.41, 5.74) is 2.32. The number of nitrogens with zero attached hydrogens (tertiary/aromatic N) is 4. The molecule has 1 aromatic carbocycles. The minimum absolute atomic E-state index is 0.140. The molecule has 0 radical (unpaired) electrons. The first-order valence-electron chi connectivity index (χ1n) is 11.0. The number of hydrogen-bond acceptors (Lipinski definition) is 5. The molecule has 1 aromatic heterocycles. The molecule has 3 heterocycles. The Labute approximate surface area is 177 Å². The maximum absolute atomic E-state index is 12.3. The van der Waals surface area contributed by atoms with Crippen molar-refractivity contribution in [3.63, 3.8) is 0 Å². The van der Waals surface area contributed by atoms with Crippen LogP contribution in [-0.2, 0) is 4.79 Å². The standard InChI is InChI=1S/C24H28N4O2/c29-23(19-4-5-19)27-15-11-24(30,12-16-27)17-21-10-14-26-28(21)20-8-6-18(7-9-20)22-3-1-2-13-25-22/h1-3,6-9,13-14,19,21,30H,4-5,10-12,15-17H2. The molecule has 0 spiro atoms. The molecule has 2 aromatic rings. The highest BCUT2D eigenvalue weighted by Crippen LogP contribution is 2.36. The number of benzene rings is 1. The van der Waals surface area contributed by atoms with Gasteiger partial charge in [-0.15, -0.1) is 0 Å². The Hall–Kier alpha value is -2.73. The fourth-order valence-electron chi connectivity index (χ4n) is 4.59. The number of carbonyl (C=O) groups excluding carboxylic acids is 1. The number of hydrazone groups is 1. The molecule has 30 heavy (non-hydrogen) atoms. The Morgan fingerprint density at radius 3 is 2.53 bits per heavy atom. The van der Waals surface area contributed by atoms with Crippen LogP contribution in [0.4, 0.5) is 5.69 Å².